The molecule has 0 aliphatic carbocycles. The van der Waals surface area contributed by atoms with E-state index in [0.717, 1.165) is 54.4 Å². The molecule has 0 saturated carbocycles. The number of aryl methyl sites for hydroxylation is 2. The van der Waals surface area contributed by atoms with Gasteiger partial charge in [-0.1, -0.05) is 18.2 Å². The van der Waals surface area contributed by atoms with Gasteiger partial charge in [0.15, 0.2) is 0 Å². The van der Waals surface area contributed by atoms with Crippen molar-refractivity contribution in [3.63, 3.8) is 0 Å². The average Bonchev–Trinajstić information content (AvgIpc) is 2.68. The van der Waals surface area contributed by atoms with Crippen molar-refractivity contribution in [1.29, 1.82) is 0 Å². The van der Waals surface area contributed by atoms with Crippen molar-refractivity contribution in [3.8, 4) is 0 Å². The molecule has 6 heteroatoms. The van der Waals surface area contributed by atoms with Crippen molar-refractivity contribution in [2.24, 2.45) is 0 Å². The van der Waals surface area contributed by atoms with Crippen LogP contribution in [0.25, 0.3) is 0 Å². The summed E-state index contributed by atoms with van der Waals surface area (Å²) in [6, 6.07) is 13.8. The molecule has 2 amide bonds. The minimum Gasteiger partial charge on any atom is -0.369 e. The molecular formula is C23H30N4O2. The zero-order chi connectivity index (χ0) is 21.0. The minimum absolute atomic E-state index is 0.0127. The second-order valence-corrected chi connectivity index (χ2v) is 7.73. The van der Waals surface area contributed by atoms with Crippen LogP contribution in [0.3, 0.4) is 0 Å². The van der Waals surface area contributed by atoms with E-state index in [1.54, 1.807) is 4.90 Å². The van der Waals surface area contributed by atoms with E-state index in [-0.39, 0.29) is 18.4 Å². The molecule has 0 radical (unpaired) electrons. The van der Waals surface area contributed by atoms with E-state index in [1.807, 2.05) is 56.3 Å². The lowest BCUT2D eigenvalue weighted by Crippen LogP contribution is -2.44. The molecule has 1 saturated heterocycles. The van der Waals surface area contributed by atoms with E-state index in [0.29, 0.717) is 0 Å². The minimum atomic E-state index is -0.213. The van der Waals surface area contributed by atoms with E-state index in [9.17, 15) is 9.59 Å². The van der Waals surface area contributed by atoms with Gasteiger partial charge in [-0.25, -0.2) is 0 Å². The Morgan fingerprint density at radius 1 is 0.966 bits per heavy atom. The Bertz CT molecular complexity index is 851. The molecule has 2 aromatic rings. The number of benzene rings is 2. The van der Waals surface area contributed by atoms with Crippen LogP contribution in [0.5, 0.6) is 0 Å². The largest absolute Gasteiger partial charge is 0.369 e. The molecule has 1 heterocycles. The summed E-state index contributed by atoms with van der Waals surface area (Å²) in [4.78, 5) is 31.1. The zero-order valence-corrected chi connectivity index (χ0v) is 17.7. The van der Waals surface area contributed by atoms with E-state index in [1.165, 1.54) is 6.92 Å². The number of anilines is 3. The predicted octanol–water partition coefficient (Wildman–Crippen LogP) is 3.05. The van der Waals surface area contributed by atoms with Crippen molar-refractivity contribution < 1.29 is 9.59 Å². The lowest BCUT2D eigenvalue weighted by Gasteiger charge is -2.34. The first-order valence-electron chi connectivity index (χ1n) is 10.0. The number of hydrogen-bond donors (Lipinski definition) is 1. The van der Waals surface area contributed by atoms with Crippen LogP contribution in [-0.2, 0) is 9.59 Å². The quantitative estimate of drug-likeness (QED) is 0.847. The molecule has 29 heavy (non-hydrogen) atoms. The normalized spacial score (nSPS) is 14.6. The number of amides is 2. The van der Waals surface area contributed by atoms with Crippen molar-refractivity contribution in [1.82, 2.24) is 4.90 Å². The number of nitrogens with zero attached hydrogens (tertiary/aromatic N) is 3. The Hall–Kier alpha value is -2.86. The van der Waals surface area contributed by atoms with Crippen LogP contribution < -0.4 is 15.1 Å². The van der Waals surface area contributed by atoms with Crippen LogP contribution in [0.1, 0.15) is 18.1 Å². The molecule has 6 nitrogen and oxygen atoms in total. The first-order valence-corrected chi connectivity index (χ1v) is 10.0. The molecule has 0 spiro atoms. The van der Waals surface area contributed by atoms with Gasteiger partial charge in [-0.05, 0) is 56.3 Å². The number of carbonyl (C=O) groups excluding carboxylic acids is 2. The second-order valence-electron chi connectivity index (χ2n) is 7.73. The molecule has 1 N–H and O–H groups in total. The van der Waals surface area contributed by atoms with Gasteiger partial charge in [0.2, 0.25) is 11.8 Å². The average molecular weight is 395 g/mol. The first-order chi connectivity index (χ1) is 13.8. The second kappa shape index (κ2) is 9.09. The lowest BCUT2D eigenvalue weighted by atomic mass is 10.1. The molecule has 0 bridgehead atoms. The monoisotopic (exact) mass is 394 g/mol. The van der Waals surface area contributed by atoms with E-state index < -0.39 is 0 Å². The SMILES string of the molecule is CC(=O)N(CC(=O)Nc1ccc(N2CCN(C)CC2)cc1)c1c(C)cccc1C. The van der Waals surface area contributed by atoms with Gasteiger partial charge in [-0.15, -0.1) is 0 Å². The molecule has 1 fully saturated rings. The van der Waals surface area contributed by atoms with Crippen LogP contribution in [0.2, 0.25) is 0 Å². The summed E-state index contributed by atoms with van der Waals surface area (Å²) in [5, 5.41) is 2.91. The first kappa shape index (κ1) is 20.9. The third-order valence-electron chi connectivity index (χ3n) is 5.41. The predicted molar refractivity (Wildman–Crippen MR) is 119 cm³/mol. The summed E-state index contributed by atoms with van der Waals surface area (Å²) >= 11 is 0. The standard InChI is InChI=1S/C23H30N4O2/c1-17-6-5-7-18(2)23(17)27(19(3)28)16-22(29)24-20-8-10-21(11-9-20)26-14-12-25(4)13-15-26/h5-11H,12-16H2,1-4H3,(H,24,29). The molecule has 0 atom stereocenters. The molecular weight excluding hydrogens is 364 g/mol. The number of likely N-dealkylation sites (N-methyl/N-ethyl adjacent to an activating group) is 1. The fraction of sp³-hybridized carbons (Fsp3) is 0.391. The number of hydrogen-bond acceptors (Lipinski definition) is 4. The number of nitrogens with one attached hydrogen (secondary N) is 1. The number of carbonyl (C=O) groups is 2. The van der Waals surface area contributed by atoms with Crippen molar-refractivity contribution in [2.75, 3.05) is 54.9 Å². The topological polar surface area (TPSA) is 55.9 Å². The summed E-state index contributed by atoms with van der Waals surface area (Å²) in [5.74, 6) is -0.363. The van der Waals surface area contributed by atoms with E-state index in [4.69, 9.17) is 0 Å². The summed E-state index contributed by atoms with van der Waals surface area (Å²) in [6.45, 7) is 9.50. The highest BCUT2D eigenvalue weighted by molar-refractivity contribution is 6.02. The summed E-state index contributed by atoms with van der Waals surface area (Å²) < 4.78 is 0. The van der Waals surface area contributed by atoms with Crippen LogP contribution >= 0.6 is 0 Å². The van der Waals surface area contributed by atoms with Crippen molar-refractivity contribution >= 4 is 28.9 Å². The Labute approximate surface area is 173 Å². The van der Waals surface area contributed by atoms with Gasteiger partial charge in [0.1, 0.15) is 6.54 Å². The van der Waals surface area contributed by atoms with E-state index >= 15 is 0 Å². The Kier molecular flexibility index (Phi) is 6.54. The van der Waals surface area contributed by atoms with Gasteiger partial charge < -0.3 is 20.0 Å². The smallest absolute Gasteiger partial charge is 0.244 e. The third-order valence-corrected chi connectivity index (χ3v) is 5.41. The maximum Gasteiger partial charge on any atom is 0.244 e. The van der Waals surface area contributed by atoms with Gasteiger partial charge in [0.25, 0.3) is 0 Å². The number of para-hydroxylation sites is 1. The Morgan fingerprint density at radius 3 is 2.10 bits per heavy atom. The maximum atomic E-state index is 12.6. The van der Waals surface area contributed by atoms with Gasteiger partial charge in [0.05, 0.1) is 5.69 Å². The van der Waals surface area contributed by atoms with Crippen molar-refractivity contribution in [3.05, 3.63) is 53.6 Å². The Balaban J connectivity index is 1.65. The van der Waals surface area contributed by atoms with Crippen LogP contribution in [0.4, 0.5) is 17.1 Å². The number of piperazine rings is 1. The summed E-state index contributed by atoms with van der Waals surface area (Å²) in [5.41, 5.74) is 4.66. The zero-order valence-electron chi connectivity index (χ0n) is 17.7. The third kappa shape index (κ3) is 5.15. The number of rotatable bonds is 5. The van der Waals surface area contributed by atoms with Gasteiger partial charge in [-0.3, -0.25) is 9.59 Å². The molecule has 2 aromatic carbocycles. The molecule has 0 aromatic heterocycles. The van der Waals surface area contributed by atoms with Crippen molar-refractivity contribution in [2.45, 2.75) is 20.8 Å². The summed E-state index contributed by atoms with van der Waals surface area (Å²) in [6.07, 6.45) is 0. The fourth-order valence-electron chi connectivity index (χ4n) is 3.74. The molecule has 3 rings (SSSR count). The molecule has 154 valence electrons. The Morgan fingerprint density at radius 2 is 1.55 bits per heavy atom. The fourth-order valence-corrected chi connectivity index (χ4v) is 3.74. The van der Waals surface area contributed by atoms with E-state index in [2.05, 4.69) is 22.2 Å². The highest BCUT2D eigenvalue weighted by atomic mass is 16.2. The van der Waals surface area contributed by atoms with Gasteiger partial charge >= 0.3 is 0 Å². The molecule has 1 aliphatic rings. The van der Waals surface area contributed by atoms with Gasteiger partial charge in [-0.2, -0.15) is 0 Å². The van der Waals surface area contributed by atoms with Crippen LogP contribution in [0, 0.1) is 13.8 Å². The van der Waals surface area contributed by atoms with Gasteiger partial charge in [0, 0.05) is 44.5 Å². The maximum absolute atomic E-state index is 12.6. The van der Waals surface area contributed by atoms with Crippen LogP contribution in [-0.4, -0.2) is 56.5 Å². The molecule has 0 unspecified atom stereocenters. The summed E-state index contributed by atoms with van der Waals surface area (Å²) in [7, 11) is 2.14. The lowest BCUT2D eigenvalue weighted by molar-refractivity contribution is -0.120. The van der Waals surface area contributed by atoms with Crippen LogP contribution in [0.15, 0.2) is 42.5 Å². The molecule has 1 aliphatic heterocycles. The highest BCUT2D eigenvalue weighted by Crippen LogP contribution is 2.25. The highest BCUT2D eigenvalue weighted by Gasteiger charge is 2.20.